The molecule has 0 aliphatic carbocycles. The summed E-state index contributed by atoms with van der Waals surface area (Å²) >= 11 is 0. The molecule has 0 atom stereocenters. The molecule has 0 radical (unpaired) electrons. The van der Waals surface area contributed by atoms with Crippen molar-refractivity contribution in [3.8, 4) is 0 Å². The number of unbranched alkanes of at least 4 members (excludes halogenated alkanes) is 3. The maximum atomic E-state index is 10.7. The van der Waals surface area contributed by atoms with E-state index in [2.05, 4.69) is 5.32 Å². The Labute approximate surface area is 92.7 Å². The van der Waals surface area contributed by atoms with Gasteiger partial charge in [0.05, 0.1) is 0 Å². The molecule has 90 valence electrons. The molecule has 0 saturated carbocycles. The lowest BCUT2D eigenvalue weighted by atomic mass is 10.2. The topological polar surface area (TPSA) is 52.6 Å². The molecule has 0 aromatic heterocycles. The summed E-state index contributed by atoms with van der Waals surface area (Å²) in [4.78, 5) is 12.5. The van der Waals surface area contributed by atoms with Gasteiger partial charge in [0, 0.05) is 19.7 Å². The van der Waals surface area contributed by atoms with Crippen molar-refractivity contribution in [2.45, 2.75) is 32.1 Å². The van der Waals surface area contributed by atoms with Gasteiger partial charge >= 0.3 is 0 Å². The van der Waals surface area contributed by atoms with E-state index in [1.165, 1.54) is 6.42 Å². The van der Waals surface area contributed by atoms with Gasteiger partial charge in [-0.05, 0) is 39.3 Å². The summed E-state index contributed by atoms with van der Waals surface area (Å²) < 4.78 is 0. The van der Waals surface area contributed by atoms with Crippen LogP contribution in [0.2, 0.25) is 0 Å². The van der Waals surface area contributed by atoms with Gasteiger partial charge in [-0.15, -0.1) is 0 Å². The molecule has 0 bridgehead atoms. The summed E-state index contributed by atoms with van der Waals surface area (Å²) in [6.07, 6.45) is 5.98. The standard InChI is InChI=1S/C11H24N2O2/c1-12-7-3-2-4-8-13(11-15)9-5-6-10-14/h11-12,14H,2-10H2,1H3. The van der Waals surface area contributed by atoms with Crippen molar-refractivity contribution < 1.29 is 9.90 Å². The van der Waals surface area contributed by atoms with E-state index in [0.29, 0.717) is 0 Å². The van der Waals surface area contributed by atoms with Crippen LogP contribution in [-0.2, 0) is 4.79 Å². The van der Waals surface area contributed by atoms with Crippen molar-refractivity contribution in [1.82, 2.24) is 10.2 Å². The summed E-state index contributed by atoms with van der Waals surface area (Å²) in [5, 5.41) is 11.7. The number of aliphatic hydroxyl groups excluding tert-OH is 1. The van der Waals surface area contributed by atoms with E-state index >= 15 is 0 Å². The molecule has 4 heteroatoms. The van der Waals surface area contributed by atoms with Gasteiger partial charge in [0.15, 0.2) is 0 Å². The van der Waals surface area contributed by atoms with E-state index in [-0.39, 0.29) is 6.61 Å². The van der Waals surface area contributed by atoms with Crippen LogP contribution >= 0.6 is 0 Å². The Balaban J connectivity index is 3.32. The highest BCUT2D eigenvalue weighted by Gasteiger charge is 2.00. The van der Waals surface area contributed by atoms with Crippen LogP contribution in [0, 0.1) is 0 Å². The lowest BCUT2D eigenvalue weighted by Crippen LogP contribution is -2.24. The molecule has 2 N–H and O–H groups in total. The minimum atomic E-state index is 0.217. The van der Waals surface area contributed by atoms with Gasteiger partial charge in [-0.25, -0.2) is 0 Å². The van der Waals surface area contributed by atoms with Crippen LogP contribution in [0.25, 0.3) is 0 Å². The number of aliphatic hydroxyl groups is 1. The number of carbonyl (C=O) groups is 1. The molecule has 0 aliphatic rings. The Kier molecular flexibility index (Phi) is 11.0. The minimum absolute atomic E-state index is 0.217. The van der Waals surface area contributed by atoms with Gasteiger partial charge in [-0.3, -0.25) is 4.79 Å². The van der Waals surface area contributed by atoms with E-state index in [1.54, 1.807) is 4.90 Å². The first-order chi connectivity index (χ1) is 7.35. The van der Waals surface area contributed by atoms with Crippen molar-refractivity contribution in [2.24, 2.45) is 0 Å². The molecular formula is C11H24N2O2. The average Bonchev–Trinajstić information content (AvgIpc) is 2.26. The maximum absolute atomic E-state index is 10.7. The molecule has 0 fully saturated rings. The first-order valence-electron chi connectivity index (χ1n) is 5.80. The fourth-order valence-electron chi connectivity index (χ4n) is 1.44. The van der Waals surface area contributed by atoms with Gasteiger partial charge < -0.3 is 15.3 Å². The molecule has 0 saturated heterocycles. The highest BCUT2D eigenvalue weighted by Crippen LogP contribution is 1.98. The Morgan fingerprint density at radius 3 is 2.33 bits per heavy atom. The van der Waals surface area contributed by atoms with Crippen LogP contribution in [0.1, 0.15) is 32.1 Å². The largest absolute Gasteiger partial charge is 0.396 e. The number of nitrogens with zero attached hydrogens (tertiary/aromatic N) is 1. The molecule has 0 aromatic rings. The number of amides is 1. The van der Waals surface area contributed by atoms with Crippen LogP contribution in [0.3, 0.4) is 0 Å². The SMILES string of the molecule is CNCCCCCN(C=O)CCCCO. The van der Waals surface area contributed by atoms with Crippen molar-refractivity contribution in [2.75, 3.05) is 33.3 Å². The fourth-order valence-corrected chi connectivity index (χ4v) is 1.44. The molecule has 0 aromatic carbocycles. The third-order valence-electron chi connectivity index (χ3n) is 2.37. The third kappa shape index (κ3) is 9.69. The predicted octanol–water partition coefficient (Wildman–Crippen LogP) is 0.607. The van der Waals surface area contributed by atoms with Crippen LogP contribution < -0.4 is 5.32 Å². The van der Waals surface area contributed by atoms with Gasteiger partial charge in [0.25, 0.3) is 0 Å². The summed E-state index contributed by atoms with van der Waals surface area (Å²) in [6, 6.07) is 0. The second-order valence-electron chi connectivity index (χ2n) is 3.74. The maximum Gasteiger partial charge on any atom is 0.209 e. The van der Waals surface area contributed by atoms with Crippen LogP contribution in [0.5, 0.6) is 0 Å². The Hall–Kier alpha value is -0.610. The zero-order chi connectivity index (χ0) is 11.4. The fraction of sp³-hybridized carbons (Fsp3) is 0.909. The molecule has 0 unspecified atom stereocenters. The normalized spacial score (nSPS) is 10.3. The average molecular weight is 216 g/mol. The van der Waals surface area contributed by atoms with Crippen LogP contribution in [-0.4, -0.2) is 49.7 Å². The number of rotatable bonds is 11. The molecule has 0 rings (SSSR count). The quantitative estimate of drug-likeness (QED) is 0.393. The zero-order valence-electron chi connectivity index (χ0n) is 9.74. The second kappa shape index (κ2) is 11.5. The lowest BCUT2D eigenvalue weighted by molar-refractivity contribution is -0.118. The Morgan fingerprint density at radius 1 is 1.13 bits per heavy atom. The van der Waals surface area contributed by atoms with E-state index < -0.39 is 0 Å². The minimum Gasteiger partial charge on any atom is -0.396 e. The number of hydrogen-bond acceptors (Lipinski definition) is 3. The Bertz CT molecular complexity index is 143. The molecular weight excluding hydrogens is 192 g/mol. The van der Waals surface area contributed by atoms with E-state index in [1.807, 2.05) is 7.05 Å². The van der Waals surface area contributed by atoms with Crippen molar-refractivity contribution in [3.63, 3.8) is 0 Å². The third-order valence-corrected chi connectivity index (χ3v) is 2.37. The van der Waals surface area contributed by atoms with Crippen molar-refractivity contribution in [1.29, 1.82) is 0 Å². The molecule has 0 aliphatic heterocycles. The van der Waals surface area contributed by atoms with Crippen molar-refractivity contribution >= 4 is 6.41 Å². The number of hydrogen-bond donors (Lipinski definition) is 2. The zero-order valence-corrected chi connectivity index (χ0v) is 9.74. The smallest absolute Gasteiger partial charge is 0.209 e. The second-order valence-corrected chi connectivity index (χ2v) is 3.74. The Morgan fingerprint density at radius 2 is 1.80 bits per heavy atom. The molecule has 15 heavy (non-hydrogen) atoms. The van der Waals surface area contributed by atoms with E-state index in [0.717, 1.165) is 51.7 Å². The number of carbonyl (C=O) groups excluding carboxylic acids is 1. The highest BCUT2D eigenvalue weighted by atomic mass is 16.2. The molecule has 0 spiro atoms. The van der Waals surface area contributed by atoms with Crippen molar-refractivity contribution in [3.05, 3.63) is 0 Å². The first-order valence-corrected chi connectivity index (χ1v) is 5.80. The van der Waals surface area contributed by atoms with E-state index in [9.17, 15) is 4.79 Å². The molecule has 4 nitrogen and oxygen atoms in total. The molecule has 0 heterocycles. The molecule has 1 amide bonds. The van der Waals surface area contributed by atoms with E-state index in [4.69, 9.17) is 5.11 Å². The van der Waals surface area contributed by atoms with Gasteiger partial charge in [-0.2, -0.15) is 0 Å². The van der Waals surface area contributed by atoms with Gasteiger partial charge in [0.1, 0.15) is 0 Å². The first kappa shape index (κ1) is 14.4. The highest BCUT2D eigenvalue weighted by molar-refractivity contribution is 5.46. The summed E-state index contributed by atoms with van der Waals surface area (Å²) in [6.45, 7) is 2.88. The van der Waals surface area contributed by atoms with Crippen LogP contribution in [0.15, 0.2) is 0 Å². The predicted molar refractivity (Wildman–Crippen MR) is 61.7 cm³/mol. The van der Waals surface area contributed by atoms with Gasteiger partial charge in [0.2, 0.25) is 6.41 Å². The van der Waals surface area contributed by atoms with Crippen LogP contribution in [0.4, 0.5) is 0 Å². The van der Waals surface area contributed by atoms with Gasteiger partial charge in [-0.1, -0.05) is 6.42 Å². The summed E-state index contributed by atoms with van der Waals surface area (Å²) in [5.41, 5.74) is 0. The summed E-state index contributed by atoms with van der Waals surface area (Å²) in [7, 11) is 1.95. The lowest BCUT2D eigenvalue weighted by Gasteiger charge is -2.16. The summed E-state index contributed by atoms with van der Waals surface area (Å²) in [5.74, 6) is 0. The number of nitrogens with one attached hydrogen (secondary N) is 1. The monoisotopic (exact) mass is 216 g/mol.